The van der Waals surface area contributed by atoms with E-state index in [1.165, 1.54) is 13.8 Å². The second-order valence-corrected chi connectivity index (χ2v) is 4.81. The monoisotopic (exact) mass is 166 g/mol. The summed E-state index contributed by atoms with van der Waals surface area (Å²) in [6.45, 7) is 5.95. The zero-order valence-corrected chi connectivity index (χ0v) is 7.85. The van der Waals surface area contributed by atoms with Crippen molar-refractivity contribution in [3.63, 3.8) is 0 Å². The first-order chi connectivity index (χ1) is 4.48. The Hall–Kier alpha value is 0.150. The van der Waals surface area contributed by atoms with Crippen molar-refractivity contribution in [2.45, 2.75) is 13.8 Å². The van der Waals surface area contributed by atoms with Crippen molar-refractivity contribution in [1.29, 1.82) is 0 Å². The molecule has 0 saturated heterocycles. The van der Waals surface area contributed by atoms with Gasteiger partial charge in [0.1, 0.15) is 0 Å². The molecule has 0 aromatic heterocycles. The molecule has 1 atom stereocenters. The second-order valence-electron chi connectivity index (χ2n) is 2.64. The summed E-state index contributed by atoms with van der Waals surface area (Å²) in [7, 11) is -1.34. The molecule has 10 heavy (non-hydrogen) atoms. The highest BCUT2D eigenvalue weighted by Gasteiger charge is 2.13. The highest BCUT2D eigenvalue weighted by molar-refractivity contribution is 7.52. The molecular formula is C6H15O3P. The van der Waals surface area contributed by atoms with Gasteiger partial charge in [-0.25, -0.2) is 0 Å². The van der Waals surface area contributed by atoms with Gasteiger partial charge in [0.2, 0.25) is 0 Å². The molecule has 0 N–H and O–H groups in total. The molecule has 0 saturated carbocycles. The van der Waals surface area contributed by atoms with Crippen LogP contribution in [0, 0.1) is 5.92 Å². The molecule has 0 aliphatic carbocycles. The molecule has 0 aliphatic rings. The van der Waals surface area contributed by atoms with E-state index in [0.717, 1.165) is 0 Å². The standard InChI is InChI=1S/C6H15O3P/c1-6(2)5-9-10(4,7)8-3/h6H,5H2,1-4H3. The van der Waals surface area contributed by atoms with E-state index in [2.05, 4.69) is 4.52 Å². The van der Waals surface area contributed by atoms with Gasteiger partial charge in [-0.3, -0.25) is 4.57 Å². The Morgan fingerprint density at radius 2 is 2.00 bits per heavy atom. The molecule has 0 aliphatic heterocycles. The number of rotatable bonds is 4. The largest absolute Gasteiger partial charge is 0.327 e. The minimum Gasteiger partial charge on any atom is -0.312 e. The molecule has 0 amide bonds. The molecule has 0 fully saturated rings. The maximum Gasteiger partial charge on any atom is 0.327 e. The summed E-state index contributed by atoms with van der Waals surface area (Å²) >= 11 is 0. The molecule has 0 spiro atoms. The van der Waals surface area contributed by atoms with Gasteiger partial charge in [-0.2, -0.15) is 0 Å². The highest BCUT2D eigenvalue weighted by Crippen LogP contribution is 2.42. The van der Waals surface area contributed by atoms with E-state index in [4.69, 9.17) is 4.52 Å². The fraction of sp³-hybridized carbons (Fsp3) is 1.00. The smallest absolute Gasteiger partial charge is 0.312 e. The second kappa shape index (κ2) is 4.12. The Bertz CT molecular complexity index is 133. The molecule has 0 heterocycles. The maximum absolute atomic E-state index is 11.0. The number of hydrogen-bond acceptors (Lipinski definition) is 3. The van der Waals surface area contributed by atoms with Gasteiger partial charge >= 0.3 is 7.60 Å². The molecule has 1 unspecified atom stereocenters. The summed E-state index contributed by atoms with van der Waals surface area (Å²) in [5, 5.41) is 0. The predicted molar refractivity (Wildman–Crippen MR) is 41.3 cm³/mol. The van der Waals surface area contributed by atoms with Gasteiger partial charge in [0.25, 0.3) is 0 Å². The van der Waals surface area contributed by atoms with E-state index in [-0.39, 0.29) is 0 Å². The molecule has 0 bridgehead atoms. The summed E-state index contributed by atoms with van der Waals surface area (Å²) in [6, 6.07) is 0. The summed E-state index contributed by atoms with van der Waals surface area (Å²) < 4.78 is 20.6. The first kappa shape index (κ1) is 10.2. The Morgan fingerprint density at radius 1 is 1.50 bits per heavy atom. The number of hydrogen-bond donors (Lipinski definition) is 0. The molecule has 4 heteroatoms. The van der Waals surface area contributed by atoms with E-state index in [9.17, 15) is 4.57 Å². The Kier molecular flexibility index (Phi) is 4.18. The highest BCUT2D eigenvalue weighted by atomic mass is 31.2. The summed E-state index contributed by atoms with van der Waals surface area (Å²) in [4.78, 5) is 0. The topological polar surface area (TPSA) is 35.5 Å². The fourth-order valence-electron chi connectivity index (χ4n) is 0.337. The zero-order chi connectivity index (χ0) is 8.20. The van der Waals surface area contributed by atoms with E-state index in [0.29, 0.717) is 12.5 Å². The lowest BCUT2D eigenvalue weighted by Gasteiger charge is -2.12. The Morgan fingerprint density at radius 3 is 2.30 bits per heavy atom. The first-order valence-corrected chi connectivity index (χ1v) is 5.24. The Labute approximate surface area is 62.3 Å². The lowest BCUT2D eigenvalue weighted by atomic mass is 10.2. The van der Waals surface area contributed by atoms with Crippen LogP contribution in [0.5, 0.6) is 0 Å². The lowest BCUT2D eigenvalue weighted by Crippen LogP contribution is -2.00. The van der Waals surface area contributed by atoms with Crippen molar-refractivity contribution in [2.75, 3.05) is 20.4 Å². The van der Waals surface area contributed by atoms with Gasteiger partial charge in [-0.15, -0.1) is 0 Å². The van der Waals surface area contributed by atoms with Crippen LogP contribution in [0.1, 0.15) is 13.8 Å². The van der Waals surface area contributed by atoms with Crippen LogP contribution >= 0.6 is 7.60 Å². The average molecular weight is 166 g/mol. The summed E-state index contributed by atoms with van der Waals surface area (Å²) in [6.07, 6.45) is 0. The van der Waals surface area contributed by atoms with E-state index in [1.54, 1.807) is 0 Å². The van der Waals surface area contributed by atoms with Crippen molar-refractivity contribution in [1.82, 2.24) is 0 Å². The van der Waals surface area contributed by atoms with Gasteiger partial charge in [0.15, 0.2) is 0 Å². The third kappa shape index (κ3) is 4.98. The zero-order valence-electron chi connectivity index (χ0n) is 6.96. The first-order valence-electron chi connectivity index (χ1n) is 3.25. The van der Waals surface area contributed by atoms with Crippen LogP contribution in [-0.4, -0.2) is 20.4 Å². The molecular weight excluding hydrogens is 151 g/mol. The quantitative estimate of drug-likeness (QED) is 0.600. The summed E-state index contributed by atoms with van der Waals surface area (Å²) in [5.74, 6) is 0.392. The van der Waals surface area contributed by atoms with Crippen molar-refractivity contribution in [3.8, 4) is 0 Å². The van der Waals surface area contributed by atoms with Crippen molar-refractivity contribution in [2.24, 2.45) is 5.92 Å². The molecule has 62 valence electrons. The van der Waals surface area contributed by atoms with Crippen LogP contribution in [-0.2, 0) is 13.6 Å². The normalized spacial score (nSPS) is 17.3. The average Bonchev–Trinajstić information content (AvgIpc) is 1.85. The minimum absolute atomic E-state index is 0.392. The molecule has 3 nitrogen and oxygen atoms in total. The third-order valence-corrected chi connectivity index (χ3v) is 2.26. The van der Waals surface area contributed by atoms with Crippen LogP contribution in [0.2, 0.25) is 0 Å². The van der Waals surface area contributed by atoms with Crippen molar-refractivity contribution >= 4 is 7.60 Å². The van der Waals surface area contributed by atoms with Gasteiger partial charge < -0.3 is 9.05 Å². The predicted octanol–water partition coefficient (Wildman–Crippen LogP) is 2.13. The van der Waals surface area contributed by atoms with Gasteiger partial charge in [-0.05, 0) is 5.92 Å². The van der Waals surface area contributed by atoms with Gasteiger partial charge in [0, 0.05) is 13.8 Å². The lowest BCUT2D eigenvalue weighted by molar-refractivity contribution is 0.214. The fourth-order valence-corrected chi connectivity index (χ4v) is 1.01. The van der Waals surface area contributed by atoms with Crippen LogP contribution in [0.25, 0.3) is 0 Å². The van der Waals surface area contributed by atoms with Crippen molar-refractivity contribution in [3.05, 3.63) is 0 Å². The van der Waals surface area contributed by atoms with E-state index < -0.39 is 7.60 Å². The third-order valence-electron chi connectivity index (χ3n) is 0.974. The van der Waals surface area contributed by atoms with Gasteiger partial charge in [-0.1, -0.05) is 13.8 Å². The molecule has 0 radical (unpaired) electrons. The van der Waals surface area contributed by atoms with Gasteiger partial charge in [0.05, 0.1) is 6.61 Å². The Balaban J connectivity index is 3.58. The van der Waals surface area contributed by atoms with Crippen LogP contribution < -0.4 is 0 Å². The SMILES string of the molecule is COP(C)(=O)OCC(C)C. The van der Waals surface area contributed by atoms with Crippen molar-refractivity contribution < 1.29 is 13.6 Å². The van der Waals surface area contributed by atoms with E-state index >= 15 is 0 Å². The molecule has 0 rings (SSSR count). The van der Waals surface area contributed by atoms with Crippen LogP contribution in [0.4, 0.5) is 0 Å². The van der Waals surface area contributed by atoms with Crippen LogP contribution in [0.15, 0.2) is 0 Å². The molecule has 0 aromatic carbocycles. The minimum atomic E-state index is -2.73. The van der Waals surface area contributed by atoms with Crippen LogP contribution in [0.3, 0.4) is 0 Å². The molecule has 0 aromatic rings. The summed E-state index contributed by atoms with van der Waals surface area (Å²) in [5.41, 5.74) is 0. The van der Waals surface area contributed by atoms with E-state index in [1.807, 2.05) is 13.8 Å². The maximum atomic E-state index is 11.0.